The molecule has 5 rings (SSSR count). The number of ether oxygens (including phenoxy) is 1. The number of halogens is 1. The van der Waals surface area contributed by atoms with Crippen molar-refractivity contribution in [1.29, 1.82) is 0 Å². The third kappa shape index (κ3) is 3.28. The van der Waals surface area contributed by atoms with Gasteiger partial charge in [0.25, 0.3) is 0 Å². The standard InChI is InChI=1S/C22H25FN6O2/c1-13(2)17-18(14(3)4-5-25-17)29-19-16(8-15(23)9-26-19)20(27-21(29)30)28-6-7-31-22(12-28)10-24-11-22/h4-5,8-9,13,24H,6-7,10-12H2,1-3H3. The Kier molecular flexibility index (Phi) is 4.75. The van der Waals surface area contributed by atoms with Crippen molar-refractivity contribution in [1.82, 2.24) is 24.8 Å². The van der Waals surface area contributed by atoms with Crippen LogP contribution in [0, 0.1) is 12.7 Å². The highest BCUT2D eigenvalue weighted by Gasteiger charge is 2.43. The number of rotatable bonds is 3. The van der Waals surface area contributed by atoms with Crippen LogP contribution < -0.4 is 15.9 Å². The van der Waals surface area contributed by atoms with E-state index in [2.05, 4.69) is 20.3 Å². The molecule has 3 aromatic rings. The van der Waals surface area contributed by atoms with Gasteiger partial charge in [0.2, 0.25) is 0 Å². The van der Waals surface area contributed by atoms with Gasteiger partial charge in [-0.3, -0.25) is 4.98 Å². The molecule has 0 aliphatic carbocycles. The molecule has 162 valence electrons. The molecule has 3 aromatic heterocycles. The quantitative estimate of drug-likeness (QED) is 0.688. The van der Waals surface area contributed by atoms with Crippen molar-refractivity contribution < 1.29 is 9.13 Å². The zero-order chi connectivity index (χ0) is 21.8. The Balaban J connectivity index is 1.75. The smallest absolute Gasteiger partial charge is 0.355 e. The molecule has 0 saturated carbocycles. The molecule has 2 saturated heterocycles. The molecule has 8 nitrogen and oxygen atoms in total. The van der Waals surface area contributed by atoms with Crippen molar-refractivity contribution in [2.75, 3.05) is 37.7 Å². The van der Waals surface area contributed by atoms with Gasteiger partial charge in [-0.15, -0.1) is 0 Å². The first-order valence-corrected chi connectivity index (χ1v) is 10.5. The summed E-state index contributed by atoms with van der Waals surface area (Å²) in [6.07, 6.45) is 2.87. The summed E-state index contributed by atoms with van der Waals surface area (Å²) < 4.78 is 21.7. The third-order valence-corrected chi connectivity index (χ3v) is 6.05. The van der Waals surface area contributed by atoms with Crippen LogP contribution in [-0.4, -0.2) is 57.9 Å². The highest BCUT2D eigenvalue weighted by Crippen LogP contribution is 2.31. The van der Waals surface area contributed by atoms with Gasteiger partial charge in [-0.05, 0) is 30.5 Å². The number of nitrogens with one attached hydrogen (secondary N) is 1. The molecule has 2 aliphatic heterocycles. The number of pyridine rings is 2. The number of hydrogen-bond acceptors (Lipinski definition) is 7. The summed E-state index contributed by atoms with van der Waals surface area (Å²) in [6.45, 7) is 9.15. The molecule has 0 bridgehead atoms. The zero-order valence-corrected chi connectivity index (χ0v) is 17.9. The highest BCUT2D eigenvalue weighted by molar-refractivity contribution is 5.88. The molecule has 0 atom stereocenters. The molecular formula is C22H25FN6O2. The molecule has 5 heterocycles. The molecule has 1 spiro atoms. The summed E-state index contributed by atoms with van der Waals surface area (Å²) in [7, 11) is 0. The van der Waals surface area contributed by atoms with Gasteiger partial charge in [-0.1, -0.05) is 13.8 Å². The number of nitrogens with zero attached hydrogens (tertiary/aromatic N) is 5. The number of hydrogen-bond donors (Lipinski definition) is 1. The number of aryl methyl sites for hydroxylation is 1. The number of morpholine rings is 1. The molecule has 0 amide bonds. The van der Waals surface area contributed by atoms with Gasteiger partial charge in [0, 0.05) is 25.8 Å². The summed E-state index contributed by atoms with van der Waals surface area (Å²) in [6, 6.07) is 3.26. The average Bonchev–Trinajstić information content (AvgIpc) is 2.72. The Labute approximate surface area is 179 Å². The molecule has 0 radical (unpaired) electrons. The SMILES string of the molecule is Cc1ccnc(C(C)C)c1-n1c(=O)nc(N2CCOC3(CNC3)C2)c2cc(F)cnc21. The van der Waals surface area contributed by atoms with Crippen LogP contribution in [0.1, 0.15) is 31.0 Å². The fourth-order valence-electron chi connectivity index (χ4n) is 4.44. The van der Waals surface area contributed by atoms with Gasteiger partial charge < -0.3 is 15.0 Å². The average molecular weight is 424 g/mol. The molecule has 2 aliphatic rings. The number of aromatic nitrogens is 4. The Bertz CT molecular complexity index is 1220. The summed E-state index contributed by atoms with van der Waals surface area (Å²) >= 11 is 0. The summed E-state index contributed by atoms with van der Waals surface area (Å²) in [5, 5.41) is 3.74. The van der Waals surface area contributed by atoms with Gasteiger partial charge >= 0.3 is 5.69 Å². The van der Waals surface area contributed by atoms with Gasteiger partial charge in [0.05, 0.1) is 36.1 Å². The second-order valence-electron chi connectivity index (χ2n) is 8.65. The van der Waals surface area contributed by atoms with Crippen molar-refractivity contribution in [2.24, 2.45) is 0 Å². The van der Waals surface area contributed by atoms with E-state index in [0.717, 1.165) is 30.5 Å². The topological polar surface area (TPSA) is 85.2 Å². The van der Waals surface area contributed by atoms with E-state index in [4.69, 9.17) is 4.74 Å². The number of anilines is 1. The van der Waals surface area contributed by atoms with E-state index in [1.165, 1.54) is 10.6 Å². The molecule has 9 heteroatoms. The lowest BCUT2D eigenvalue weighted by Crippen LogP contribution is -2.69. The Hall–Kier alpha value is -2.91. The van der Waals surface area contributed by atoms with Crippen LogP contribution in [0.15, 0.2) is 29.3 Å². The molecule has 2 fully saturated rings. The first-order chi connectivity index (χ1) is 14.9. The van der Waals surface area contributed by atoms with E-state index in [1.807, 2.05) is 31.7 Å². The molecular weight excluding hydrogens is 399 g/mol. The van der Waals surface area contributed by atoms with Gasteiger partial charge in [-0.25, -0.2) is 18.7 Å². The van der Waals surface area contributed by atoms with Crippen LogP contribution in [0.5, 0.6) is 0 Å². The van der Waals surface area contributed by atoms with Crippen LogP contribution in [0.25, 0.3) is 16.7 Å². The molecule has 0 aromatic carbocycles. The summed E-state index contributed by atoms with van der Waals surface area (Å²) in [4.78, 5) is 28.7. The first-order valence-electron chi connectivity index (χ1n) is 10.5. The van der Waals surface area contributed by atoms with Gasteiger partial charge in [-0.2, -0.15) is 4.98 Å². The van der Waals surface area contributed by atoms with Crippen LogP contribution in [0.3, 0.4) is 0 Å². The lowest BCUT2D eigenvalue weighted by molar-refractivity contribution is -0.0882. The fraction of sp³-hybridized carbons (Fsp3) is 0.455. The van der Waals surface area contributed by atoms with E-state index in [0.29, 0.717) is 42.2 Å². The Morgan fingerprint density at radius 2 is 2.10 bits per heavy atom. The largest absolute Gasteiger partial charge is 0.369 e. The third-order valence-electron chi connectivity index (χ3n) is 6.05. The predicted octanol–water partition coefficient (Wildman–Crippen LogP) is 1.93. The van der Waals surface area contributed by atoms with E-state index in [9.17, 15) is 9.18 Å². The minimum absolute atomic E-state index is 0.0854. The second-order valence-corrected chi connectivity index (χ2v) is 8.65. The minimum Gasteiger partial charge on any atom is -0.369 e. The maximum absolute atomic E-state index is 14.3. The van der Waals surface area contributed by atoms with Gasteiger partial charge in [0.1, 0.15) is 17.2 Å². The zero-order valence-electron chi connectivity index (χ0n) is 17.9. The van der Waals surface area contributed by atoms with Crippen molar-refractivity contribution >= 4 is 16.9 Å². The first kappa shape index (κ1) is 20.0. The number of fused-ring (bicyclic) bond motifs is 1. The van der Waals surface area contributed by atoms with Crippen molar-refractivity contribution in [3.05, 3.63) is 52.1 Å². The van der Waals surface area contributed by atoms with Gasteiger partial charge in [0.15, 0.2) is 5.65 Å². The predicted molar refractivity (Wildman–Crippen MR) is 115 cm³/mol. The fourth-order valence-corrected chi connectivity index (χ4v) is 4.44. The van der Waals surface area contributed by atoms with Crippen LogP contribution in [0.4, 0.5) is 10.2 Å². The second kappa shape index (κ2) is 7.35. The molecule has 31 heavy (non-hydrogen) atoms. The maximum Gasteiger partial charge on any atom is 0.355 e. The minimum atomic E-state index is -0.471. The van der Waals surface area contributed by atoms with E-state index >= 15 is 0 Å². The molecule has 0 unspecified atom stereocenters. The van der Waals surface area contributed by atoms with Crippen LogP contribution in [0.2, 0.25) is 0 Å². The molecule has 1 N–H and O–H groups in total. The van der Waals surface area contributed by atoms with Crippen molar-refractivity contribution in [3.8, 4) is 5.69 Å². The van der Waals surface area contributed by atoms with Crippen LogP contribution >= 0.6 is 0 Å². The lowest BCUT2D eigenvalue weighted by atomic mass is 9.94. The maximum atomic E-state index is 14.3. The van der Waals surface area contributed by atoms with Crippen molar-refractivity contribution in [3.63, 3.8) is 0 Å². The Morgan fingerprint density at radius 1 is 1.29 bits per heavy atom. The monoisotopic (exact) mass is 424 g/mol. The van der Waals surface area contributed by atoms with Crippen LogP contribution in [-0.2, 0) is 4.74 Å². The van der Waals surface area contributed by atoms with E-state index < -0.39 is 11.5 Å². The Morgan fingerprint density at radius 3 is 2.81 bits per heavy atom. The normalized spacial score (nSPS) is 18.0. The summed E-state index contributed by atoms with van der Waals surface area (Å²) in [5.41, 5.74) is 1.96. The van der Waals surface area contributed by atoms with E-state index in [1.54, 1.807) is 6.20 Å². The summed E-state index contributed by atoms with van der Waals surface area (Å²) in [5.74, 6) is 0.0636. The van der Waals surface area contributed by atoms with Crippen molar-refractivity contribution in [2.45, 2.75) is 32.3 Å². The lowest BCUT2D eigenvalue weighted by Gasteiger charge is -2.49. The highest BCUT2D eigenvalue weighted by atomic mass is 19.1. The van der Waals surface area contributed by atoms with E-state index in [-0.39, 0.29) is 11.5 Å².